The molecule has 160 valence electrons. The smallest absolute Gasteiger partial charge is 0.192 e. The average molecular weight is 427 g/mol. The van der Waals surface area contributed by atoms with Gasteiger partial charge in [0.1, 0.15) is 5.82 Å². The first kappa shape index (κ1) is 21.2. The summed E-state index contributed by atoms with van der Waals surface area (Å²) in [5, 5.41) is 2.07. The molecule has 0 amide bonds. The maximum absolute atomic E-state index is 14.6. The molecule has 2 aromatic heterocycles. The number of aromatic nitrogens is 2. The Bertz CT molecular complexity index is 1140. The molecule has 6 heteroatoms. The monoisotopic (exact) mass is 426 g/mol. The van der Waals surface area contributed by atoms with Crippen LogP contribution in [0.25, 0.3) is 22.4 Å². The standard InChI is InChI=1S/C24H31FN2O2Si/c1-24(2,3)30(4,5)29-17-11-9-16(10-12-17)22(28)13-20-23-18(7-6-8-19(23)25)21-14-26-15-27(20)21/h6-8,13-17H,9-12H2,1-5H3/b20-13-. The highest BCUT2D eigenvalue weighted by Gasteiger charge is 2.40. The Morgan fingerprint density at radius 3 is 2.60 bits per heavy atom. The summed E-state index contributed by atoms with van der Waals surface area (Å²) in [6.45, 7) is 11.3. The van der Waals surface area contributed by atoms with Gasteiger partial charge in [0, 0.05) is 28.9 Å². The van der Waals surface area contributed by atoms with Crippen molar-refractivity contribution in [3.63, 3.8) is 0 Å². The number of hydrogen-bond acceptors (Lipinski definition) is 3. The summed E-state index contributed by atoms with van der Waals surface area (Å²) in [6.07, 6.45) is 8.70. The van der Waals surface area contributed by atoms with Crippen molar-refractivity contribution >= 4 is 36.5 Å². The lowest BCUT2D eigenvalue weighted by atomic mass is 9.84. The van der Waals surface area contributed by atoms with E-state index in [-0.39, 0.29) is 28.7 Å². The summed E-state index contributed by atoms with van der Waals surface area (Å²) in [7, 11) is -1.80. The van der Waals surface area contributed by atoms with E-state index in [1.54, 1.807) is 24.7 Å². The fraction of sp³-hybridized carbons (Fsp3) is 0.500. The number of Topliss-reactive ketones (excluding diaryl/α,β-unsaturated/α-hetero) is 1. The third-order valence-electron chi connectivity index (χ3n) is 7.07. The normalized spacial score (nSPS) is 21.6. The van der Waals surface area contributed by atoms with Gasteiger partial charge in [0.25, 0.3) is 0 Å². The molecule has 1 saturated carbocycles. The highest BCUT2D eigenvalue weighted by molar-refractivity contribution is 6.74. The first-order chi connectivity index (χ1) is 14.1. The van der Waals surface area contributed by atoms with Crippen LogP contribution >= 0.6 is 0 Å². The number of carbonyl (C=O) groups excluding carboxylic acids is 1. The molecule has 30 heavy (non-hydrogen) atoms. The van der Waals surface area contributed by atoms with Crippen molar-refractivity contribution in [3.05, 3.63) is 41.9 Å². The van der Waals surface area contributed by atoms with Crippen molar-refractivity contribution < 1.29 is 13.6 Å². The van der Waals surface area contributed by atoms with Gasteiger partial charge in [0.05, 0.1) is 23.4 Å². The second-order valence-electron chi connectivity index (χ2n) is 10.1. The van der Waals surface area contributed by atoms with Crippen LogP contribution in [0, 0.1) is 11.7 Å². The maximum Gasteiger partial charge on any atom is 0.192 e. The largest absolute Gasteiger partial charge is 0.414 e. The SMILES string of the molecule is CC(C)(C)[Si](C)(C)OC1CCC(C(=O)/C=c2/c3c(F)cccc3c3cncn23)CC1. The Labute approximate surface area is 178 Å². The van der Waals surface area contributed by atoms with E-state index in [0.29, 0.717) is 10.7 Å². The fourth-order valence-corrected chi connectivity index (χ4v) is 5.68. The summed E-state index contributed by atoms with van der Waals surface area (Å²) in [4.78, 5) is 17.3. The third kappa shape index (κ3) is 3.71. The van der Waals surface area contributed by atoms with Gasteiger partial charge in [-0.15, -0.1) is 0 Å². The minimum absolute atomic E-state index is 0.0282. The van der Waals surface area contributed by atoms with Gasteiger partial charge in [-0.2, -0.15) is 0 Å². The van der Waals surface area contributed by atoms with Crippen molar-refractivity contribution in [2.24, 2.45) is 5.92 Å². The summed E-state index contributed by atoms with van der Waals surface area (Å²) in [6, 6.07) is 5.01. The van der Waals surface area contributed by atoms with E-state index in [2.05, 4.69) is 38.8 Å². The Morgan fingerprint density at radius 1 is 1.23 bits per heavy atom. The summed E-state index contributed by atoms with van der Waals surface area (Å²) < 4.78 is 23.0. The summed E-state index contributed by atoms with van der Waals surface area (Å²) >= 11 is 0. The molecule has 0 atom stereocenters. The number of halogens is 1. The Kier molecular flexibility index (Phi) is 5.35. The molecular formula is C24H31FN2O2Si. The Hall–Kier alpha value is -2.05. The zero-order valence-corrected chi connectivity index (χ0v) is 19.5. The summed E-state index contributed by atoms with van der Waals surface area (Å²) in [5.41, 5.74) is 0.829. The van der Waals surface area contributed by atoms with Gasteiger partial charge in [-0.1, -0.05) is 32.9 Å². The molecular weight excluding hydrogens is 395 g/mol. The molecule has 1 fully saturated rings. The van der Waals surface area contributed by atoms with Crippen LogP contribution in [0.2, 0.25) is 18.1 Å². The molecule has 1 aliphatic carbocycles. The van der Waals surface area contributed by atoms with Crippen LogP contribution in [-0.2, 0) is 9.22 Å². The van der Waals surface area contributed by atoms with Gasteiger partial charge in [-0.05, 0) is 49.9 Å². The van der Waals surface area contributed by atoms with Gasteiger partial charge in [0.15, 0.2) is 14.1 Å². The molecule has 0 unspecified atom stereocenters. The van der Waals surface area contributed by atoms with Crippen molar-refractivity contribution in [2.45, 2.75) is 70.7 Å². The third-order valence-corrected chi connectivity index (χ3v) is 11.6. The molecule has 0 spiro atoms. The van der Waals surface area contributed by atoms with E-state index in [9.17, 15) is 9.18 Å². The lowest BCUT2D eigenvalue weighted by Gasteiger charge is -2.41. The molecule has 4 rings (SSSR count). The van der Waals surface area contributed by atoms with Crippen LogP contribution in [0.15, 0.2) is 30.7 Å². The van der Waals surface area contributed by atoms with Crippen molar-refractivity contribution in [3.8, 4) is 0 Å². The molecule has 3 aromatic rings. The van der Waals surface area contributed by atoms with Crippen molar-refractivity contribution in [1.29, 1.82) is 0 Å². The second-order valence-corrected chi connectivity index (χ2v) is 14.9. The van der Waals surface area contributed by atoms with Crippen LogP contribution in [0.3, 0.4) is 0 Å². The topological polar surface area (TPSA) is 43.6 Å². The molecule has 0 saturated heterocycles. The van der Waals surface area contributed by atoms with E-state index in [1.165, 1.54) is 6.07 Å². The number of imidazole rings is 1. The zero-order chi connectivity index (χ0) is 21.7. The number of carbonyl (C=O) groups is 1. The fourth-order valence-electron chi connectivity index (χ4n) is 4.26. The number of fused-ring (bicyclic) bond motifs is 3. The van der Waals surface area contributed by atoms with Gasteiger partial charge < -0.3 is 4.43 Å². The highest BCUT2D eigenvalue weighted by Crippen LogP contribution is 2.39. The van der Waals surface area contributed by atoms with E-state index in [0.717, 1.165) is 36.6 Å². The number of ketones is 1. The van der Waals surface area contributed by atoms with Crippen LogP contribution < -0.4 is 5.35 Å². The van der Waals surface area contributed by atoms with Crippen molar-refractivity contribution in [1.82, 2.24) is 9.38 Å². The second kappa shape index (κ2) is 7.57. The molecule has 4 nitrogen and oxygen atoms in total. The van der Waals surface area contributed by atoms with E-state index in [1.807, 2.05) is 10.5 Å². The molecule has 0 N–H and O–H groups in total. The van der Waals surface area contributed by atoms with Gasteiger partial charge in [0.2, 0.25) is 0 Å². The van der Waals surface area contributed by atoms with E-state index in [4.69, 9.17) is 4.43 Å². The molecule has 2 heterocycles. The number of nitrogens with zero attached hydrogens (tertiary/aromatic N) is 2. The molecule has 0 bridgehead atoms. The van der Waals surface area contributed by atoms with Gasteiger partial charge in [-0.25, -0.2) is 9.37 Å². The predicted octanol–water partition coefficient (Wildman–Crippen LogP) is 5.28. The lowest BCUT2D eigenvalue weighted by Crippen LogP contribution is -2.45. The van der Waals surface area contributed by atoms with Crippen LogP contribution in [-0.4, -0.2) is 29.6 Å². The minimum atomic E-state index is -1.80. The quantitative estimate of drug-likeness (QED) is 0.534. The first-order valence-electron chi connectivity index (χ1n) is 10.8. The molecule has 1 aromatic carbocycles. The maximum atomic E-state index is 14.6. The average Bonchev–Trinajstić information content (AvgIpc) is 3.24. The first-order valence-corrected chi connectivity index (χ1v) is 13.7. The van der Waals surface area contributed by atoms with Crippen LogP contribution in [0.1, 0.15) is 46.5 Å². The van der Waals surface area contributed by atoms with Crippen molar-refractivity contribution in [2.75, 3.05) is 0 Å². The highest BCUT2D eigenvalue weighted by atomic mass is 28.4. The molecule has 1 aliphatic rings. The minimum Gasteiger partial charge on any atom is -0.414 e. The molecule has 0 aliphatic heterocycles. The van der Waals surface area contributed by atoms with Crippen LogP contribution in [0.5, 0.6) is 0 Å². The zero-order valence-electron chi connectivity index (χ0n) is 18.5. The Morgan fingerprint density at radius 2 is 1.93 bits per heavy atom. The number of benzene rings is 1. The molecule has 0 radical (unpaired) electrons. The predicted molar refractivity (Wildman–Crippen MR) is 121 cm³/mol. The van der Waals surface area contributed by atoms with E-state index >= 15 is 0 Å². The van der Waals surface area contributed by atoms with Gasteiger partial charge in [-0.3, -0.25) is 9.20 Å². The summed E-state index contributed by atoms with van der Waals surface area (Å²) in [5.74, 6) is -0.257. The lowest BCUT2D eigenvalue weighted by molar-refractivity contribution is -0.118. The number of rotatable bonds is 4. The number of hydrogen-bond donors (Lipinski definition) is 0. The van der Waals surface area contributed by atoms with Crippen LogP contribution in [0.4, 0.5) is 4.39 Å². The van der Waals surface area contributed by atoms with Gasteiger partial charge >= 0.3 is 0 Å². The van der Waals surface area contributed by atoms with E-state index < -0.39 is 8.32 Å². The Balaban J connectivity index is 1.55.